The van der Waals surface area contributed by atoms with Crippen molar-refractivity contribution in [3.63, 3.8) is 0 Å². The molecule has 0 bridgehead atoms. The van der Waals surface area contributed by atoms with Gasteiger partial charge in [0.25, 0.3) is 0 Å². The summed E-state index contributed by atoms with van der Waals surface area (Å²) < 4.78 is 26.4. The van der Waals surface area contributed by atoms with E-state index >= 15 is 0 Å². The summed E-state index contributed by atoms with van der Waals surface area (Å²) in [6.45, 7) is 5.14. The predicted molar refractivity (Wildman–Crippen MR) is 100 cm³/mol. The summed E-state index contributed by atoms with van der Waals surface area (Å²) in [6.07, 6.45) is 0. The lowest BCUT2D eigenvalue weighted by Crippen LogP contribution is -2.22. The van der Waals surface area contributed by atoms with E-state index in [0.717, 1.165) is 21.6 Å². The van der Waals surface area contributed by atoms with Crippen LogP contribution in [-0.4, -0.2) is 43.6 Å². The highest BCUT2D eigenvalue weighted by atomic mass is 32.2. The maximum Gasteiger partial charge on any atom is 0.242 e. The average molecular weight is 387 g/mol. The van der Waals surface area contributed by atoms with Crippen LogP contribution in [0.1, 0.15) is 19.4 Å². The van der Waals surface area contributed by atoms with E-state index in [2.05, 4.69) is 29.4 Å². The Morgan fingerprint density at radius 1 is 1.29 bits per heavy atom. The fourth-order valence-electron chi connectivity index (χ4n) is 1.78. The van der Waals surface area contributed by atoms with Crippen molar-refractivity contribution < 1.29 is 8.42 Å². The van der Waals surface area contributed by atoms with Crippen molar-refractivity contribution >= 4 is 38.3 Å². The molecule has 9 heteroatoms. The summed E-state index contributed by atoms with van der Waals surface area (Å²) in [4.78, 5) is 0.308. The van der Waals surface area contributed by atoms with Crippen molar-refractivity contribution in [1.82, 2.24) is 14.5 Å². The molecule has 0 aliphatic rings. The number of hydrogen-bond acceptors (Lipinski definition) is 7. The zero-order chi connectivity index (χ0) is 17.7. The van der Waals surface area contributed by atoms with Crippen LogP contribution >= 0.6 is 23.1 Å². The van der Waals surface area contributed by atoms with Crippen LogP contribution in [0.3, 0.4) is 0 Å². The Bertz CT molecular complexity index is 773. The van der Waals surface area contributed by atoms with Gasteiger partial charge in [-0.25, -0.2) is 12.7 Å². The van der Waals surface area contributed by atoms with E-state index in [-0.39, 0.29) is 0 Å². The van der Waals surface area contributed by atoms with Crippen molar-refractivity contribution in [3.8, 4) is 0 Å². The Balaban J connectivity index is 2.00. The molecule has 0 fully saturated rings. The van der Waals surface area contributed by atoms with Gasteiger partial charge < -0.3 is 5.32 Å². The minimum absolute atomic E-state index is 0.308. The van der Waals surface area contributed by atoms with E-state index in [1.807, 2.05) is 6.07 Å². The van der Waals surface area contributed by atoms with E-state index in [9.17, 15) is 8.42 Å². The molecule has 132 valence electrons. The van der Waals surface area contributed by atoms with Gasteiger partial charge in [0.1, 0.15) is 0 Å². The molecule has 0 amide bonds. The fourth-order valence-corrected chi connectivity index (χ4v) is 4.46. The molecule has 0 aliphatic carbocycles. The van der Waals surface area contributed by atoms with Gasteiger partial charge in [-0.1, -0.05) is 49.1 Å². The fraction of sp³-hybridized carbons (Fsp3) is 0.467. The van der Waals surface area contributed by atoms with Crippen LogP contribution < -0.4 is 5.32 Å². The van der Waals surface area contributed by atoms with E-state index in [0.29, 0.717) is 16.6 Å². The van der Waals surface area contributed by atoms with Gasteiger partial charge in [0.15, 0.2) is 4.34 Å². The Kier molecular flexibility index (Phi) is 6.62. The standard InChI is InChI=1S/C15H22N4O2S3/c1-11(2)9-16-14-17-18-15(23-14)22-10-12-6-5-7-13(8-12)24(20,21)19(3)4/h5-8,11H,9-10H2,1-4H3,(H,16,17). The highest BCUT2D eigenvalue weighted by Crippen LogP contribution is 2.29. The van der Waals surface area contributed by atoms with E-state index < -0.39 is 10.0 Å². The lowest BCUT2D eigenvalue weighted by atomic mass is 10.2. The second-order valence-corrected chi connectivity index (χ2v) is 10.2. The quantitative estimate of drug-likeness (QED) is 0.703. The van der Waals surface area contributed by atoms with Crippen molar-refractivity contribution in [2.24, 2.45) is 5.92 Å². The molecule has 1 heterocycles. The highest BCUT2D eigenvalue weighted by molar-refractivity contribution is 8.00. The molecule has 1 N–H and O–H groups in total. The number of sulfonamides is 1. The number of anilines is 1. The smallest absolute Gasteiger partial charge is 0.242 e. The molecular formula is C15H22N4O2S3. The van der Waals surface area contributed by atoms with E-state index in [4.69, 9.17) is 0 Å². The van der Waals surface area contributed by atoms with Gasteiger partial charge in [-0.15, -0.1) is 10.2 Å². The molecule has 0 aliphatic heterocycles. The molecular weight excluding hydrogens is 364 g/mol. The summed E-state index contributed by atoms with van der Waals surface area (Å²) in [7, 11) is -0.342. The second-order valence-electron chi connectivity index (χ2n) is 5.87. The third kappa shape index (κ3) is 5.17. The molecule has 0 atom stereocenters. The topological polar surface area (TPSA) is 75.2 Å². The lowest BCUT2D eigenvalue weighted by molar-refractivity contribution is 0.520. The van der Waals surface area contributed by atoms with Crippen LogP contribution in [0.4, 0.5) is 5.13 Å². The van der Waals surface area contributed by atoms with Gasteiger partial charge in [-0.2, -0.15) is 0 Å². The molecule has 24 heavy (non-hydrogen) atoms. The normalized spacial score (nSPS) is 12.1. The molecule has 6 nitrogen and oxygen atoms in total. The first-order chi connectivity index (χ1) is 11.3. The van der Waals surface area contributed by atoms with Gasteiger partial charge in [-0.05, 0) is 23.6 Å². The van der Waals surface area contributed by atoms with Crippen LogP contribution in [0.5, 0.6) is 0 Å². The largest absolute Gasteiger partial charge is 0.360 e. The van der Waals surface area contributed by atoms with Gasteiger partial charge in [0, 0.05) is 26.4 Å². The zero-order valence-corrected chi connectivity index (χ0v) is 16.6. The SMILES string of the molecule is CC(C)CNc1nnc(SCc2cccc(S(=O)(=O)N(C)C)c2)s1. The molecule has 0 saturated carbocycles. The number of hydrogen-bond donors (Lipinski definition) is 1. The number of rotatable bonds is 8. The van der Waals surface area contributed by atoms with E-state index in [1.165, 1.54) is 29.7 Å². The molecule has 2 rings (SSSR count). The Morgan fingerprint density at radius 3 is 2.71 bits per heavy atom. The summed E-state index contributed by atoms with van der Waals surface area (Å²) >= 11 is 3.06. The van der Waals surface area contributed by atoms with Crippen LogP contribution in [0.15, 0.2) is 33.5 Å². The van der Waals surface area contributed by atoms with Crippen LogP contribution in [-0.2, 0) is 15.8 Å². The number of aromatic nitrogens is 2. The molecule has 0 radical (unpaired) electrons. The maximum atomic E-state index is 12.2. The lowest BCUT2D eigenvalue weighted by Gasteiger charge is -2.12. The Hall–Kier alpha value is -1.16. The van der Waals surface area contributed by atoms with Gasteiger partial charge >= 0.3 is 0 Å². The van der Waals surface area contributed by atoms with Crippen molar-refractivity contribution in [2.75, 3.05) is 26.0 Å². The molecule has 0 spiro atoms. The van der Waals surface area contributed by atoms with Gasteiger partial charge in [0.05, 0.1) is 4.90 Å². The molecule has 0 saturated heterocycles. The first kappa shape index (κ1) is 19.2. The minimum atomic E-state index is -3.41. The minimum Gasteiger partial charge on any atom is -0.360 e. The molecule has 0 unspecified atom stereocenters. The number of thioether (sulfide) groups is 1. The predicted octanol–water partition coefficient (Wildman–Crippen LogP) is 3.15. The number of nitrogens with one attached hydrogen (secondary N) is 1. The molecule has 2 aromatic rings. The first-order valence-electron chi connectivity index (χ1n) is 7.50. The summed E-state index contributed by atoms with van der Waals surface area (Å²) in [5, 5.41) is 12.3. The third-order valence-corrected chi connectivity index (χ3v) is 7.00. The number of benzene rings is 1. The van der Waals surface area contributed by atoms with Crippen molar-refractivity contribution in [1.29, 1.82) is 0 Å². The summed E-state index contributed by atoms with van der Waals surface area (Å²) in [6, 6.07) is 7.01. The average Bonchev–Trinajstić information content (AvgIpc) is 2.99. The summed E-state index contributed by atoms with van der Waals surface area (Å²) in [5.74, 6) is 1.20. The second kappa shape index (κ2) is 8.28. The van der Waals surface area contributed by atoms with Crippen molar-refractivity contribution in [2.45, 2.75) is 28.8 Å². The summed E-state index contributed by atoms with van der Waals surface area (Å²) in [5.41, 5.74) is 0.940. The number of nitrogens with zero attached hydrogens (tertiary/aromatic N) is 3. The van der Waals surface area contributed by atoms with Crippen molar-refractivity contribution in [3.05, 3.63) is 29.8 Å². The Morgan fingerprint density at radius 2 is 2.04 bits per heavy atom. The first-order valence-corrected chi connectivity index (χ1v) is 10.7. The zero-order valence-electron chi connectivity index (χ0n) is 14.2. The Labute approximate surface area is 151 Å². The van der Waals surface area contributed by atoms with Gasteiger partial charge in [-0.3, -0.25) is 0 Å². The maximum absolute atomic E-state index is 12.2. The van der Waals surface area contributed by atoms with E-state index in [1.54, 1.807) is 30.0 Å². The molecule has 1 aromatic heterocycles. The van der Waals surface area contributed by atoms with Gasteiger partial charge in [0.2, 0.25) is 15.2 Å². The monoisotopic (exact) mass is 386 g/mol. The van der Waals surface area contributed by atoms with Crippen LogP contribution in [0.25, 0.3) is 0 Å². The van der Waals surface area contributed by atoms with Crippen LogP contribution in [0.2, 0.25) is 0 Å². The van der Waals surface area contributed by atoms with Crippen LogP contribution in [0, 0.1) is 5.92 Å². The third-order valence-electron chi connectivity index (χ3n) is 3.11. The highest BCUT2D eigenvalue weighted by Gasteiger charge is 2.17. The molecule has 1 aromatic carbocycles.